The molecule has 0 amide bonds. The minimum absolute atomic E-state index is 0.632. The van der Waals surface area contributed by atoms with Crippen LogP contribution in [0.4, 0.5) is 0 Å². The van der Waals surface area contributed by atoms with Crippen LogP contribution in [-0.2, 0) is 0 Å². The quantitative estimate of drug-likeness (QED) is 0.631. The molecule has 12 heavy (non-hydrogen) atoms. The van der Waals surface area contributed by atoms with Crippen LogP contribution in [0.25, 0.3) is 0 Å². The van der Waals surface area contributed by atoms with Crippen molar-refractivity contribution in [2.45, 2.75) is 33.1 Å². The van der Waals surface area contributed by atoms with Crippen LogP contribution in [0.2, 0.25) is 0 Å². The molecule has 0 spiro atoms. The zero-order valence-electron chi connectivity index (χ0n) is 8.40. The highest BCUT2D eigenvalue weighted by atomic mass is 14.9. The van der Waals surface area contributed by atoms with Gasteiger partial charge in [0, 0.05) is 6.54 Å². The normalized spacial score (nSPS) is 22.2. The van der Waals surface area contributed by atoms with E-state index >= 15 is 0 Å². The molecule has 1 atom stereocenters. The van der Waals surface area contributed by atoms with Crippen molar-refractivity contribution in [2.24, 2.45) is 17.1 Å². The van der Waals surface area contributed by atoms with Crippen molar-refractivity contribution in [2.75, 3.05) is 19.6 Å². The number of rotatable bonds is 6. The summed E-state index contributed by atoms with van der Waals surface area (Å²) in [5, 5.41) is 3.51. The lowest BCUT2D eigenvalue weighted by Gasteiger charge is -2.15. The van der Waals surface area contributed by atoms with Gasteiger partial charge >= 0.3 is 0 Å². The molecule has 0 bridgehead atoms. The van der Waals surface area contributed by atoms with Gasteiger partial charge in [0.2, 0.25) is 0 Å². The molecule has 1 unspecified atom stereocenters. The predicted octanol–water partition coefficient (Wildman–Crippen LogP) is 1.36. The summed E-state index contributed by atoms with van der Waals surface area (Å²) in [7, 11) is 0. The zero-order chi connectivity index (χ0) is 9.03. The third-order valence-corrected chi connectivity index (χ3v) is 3.00. The number of hydrogen-bond donors (Lipinski definition) is 2. The average molecular weight is 170 g/mol. The molecule has 0 heterocycles. The maximum atomic E-state index is 5.61. The van der Waals surface area contributed by atoms with Gasteiger partial charge in [-0.2, -0.15) is 0 Å². The fourth-order valence-corrected chi connectivity index (χ4v) is 1.36. The second kappa shape index (κ2) is 4.24. The van der Waals surface area contributed by atoms with Gasteiger partial charge in [0.15, 0.2) is 0 Å². The maximum Gasteiger partial charge on any atom is 0.000529 e. The van der Waals surface area contributed by atoms with Crippen LogP contribution in [-0.4, -0.2) is 19.6 Å². The van der Waals surface area contributed by atoms with Crippen LogP contribution >= 0.6 is 0 Å². The average Bonchev–Trinajstić information content (AvgIpc) is 2.78. The van der Waals surface area contributed by atoms with Crippen molar-refractivity contribution in [3.05, 3.63) is 0 Å². The van der Waals surface area contributed by atoms with E-state index in [-0.39, 0.29) is 0 Å². The van der Waals surface area contributed by atoms with Gasteiger partial charge in [0.1, 0.15) is 0 Å². The second-order valence-corrected chi connectivity index (χ2v) is 4.45. The summed E-state index contributed by atoms with van der Waals surface area (Å²) in [6.07, 6.45) is 4.00. The van der Waals surface area contributed by atoms with E-state index in [0.717, 1.165) is 13.1 Å². The Labute approximate surface area is 75.9 Å². The third-order valence-electron chi connectivity index (χ3n) is 3.00. The molecule has 0 aromatic carbocycles. The Balaban J connectivity index is 2.00. The molecular formula is C10H22N2. The van der Waals surface area contributed by atoms with E-state index in [1.807, 2.05) is 0 Å². The Bertz CT molecular complexity index is 126. The zero-order valence-corrected chi connectivity index (χ0v) is 8.40. The largest absolute Gasteiger partial charge is 0.330 e. The first-order valence-electron chi connectivity index (χ1n) is 5.11. The first-order chi connectivity index (χ1) is 5.70. The topological polar surface area (TPSA) is 38.0 Å². The standard InChI is InChI=1S/C10H22N2/c1-3-9(6-11)7-12-8-10(2)4-5-10/h9,12H,3-8,11H2,1-2H3. The van der Waals surface area contributed by atoms with E-state index in [1.54, 1.807) is 0 Å². The van der Waals surface area contributed by atoms with Crippen LogP contribution in [0.3, 0.4) is 0 Å². The van der Waals surface area contributed by atoms with Gasteiger partial charge in [-0.1, -0.05) is 20.3 Å². The Morgan fingerprint density at radius 2 is 2.17 bits per heavy atom. The van der Waals surface area contributed by atoms with Crippen LogP contribution in [0.1, 0.15) is 33.1 Å². The van der Waals surface area contributed by atoms with Gasteiger partial charge < -0.3 is 11.1 Å². The van der Waals surface area contributed by atoms with E-state index in [1.165, 1.54) is 25.8 Å². The summed E-state index contributed by atoms with van der Waals surface area (Å²) in [6.45, 7) is 7.66. The minimum Gasteiger partial charge on any atom is -0.330 e. The van der Waals surface area contributed by atoms with Crippen LogP contribution in [0.15, 0.2) is 0 Å². The lowest BCUT2D eigenvalue weighted by atomic mass is 10.1. The van der Waals surface area contributed by atoms with Crippen molar-refractivity contribution in [1.29, 1.82) is 0 Å². The summed E-state index contributed by atoms with van der Waals surface area (Å²) in [5.41, 5.74) is 6.24. The van der Waals surface area contributed by atoms with Crippen molar-refractivity contribution in [3.8, 4) is 0 Å². The van der Waals surface area contributed by atoms with Crippen molar-refractivity contribution >= 4 is 0 Å². The maximum absolute atomic E-state index is 5.61. The van der Waals surface area contributed by atoms with Gasteiger partial charge in [-0.15, -0.1) is 0 Å². The first-order valence-corrected chi connectivity index (χ1v) is 5.11. The van der Waals surface area contributed by atoms with Crippen molar-refractivity contribution in [3.63, 3.8) is 0 Å². The third kappa shape index (κ3) is 3.11. The highest BCUT2D eigenvalue weighted by molar-refractivity contribution is 4.90. The minimum atomic E-state index is 0.632. The molecule has 1 aliphatic carbocycles. The van der Waals surface area contributed by atoms with E-state index < -0.39 is 0 Å². The molecule has 0 saturated heterocycles. The Morgan fingerprint density at radius 1 is 1.50 bits per heavy atom. The molecule has 1 fully saturated rings. The first kappa shape index (κ1) is 10.0. The van der Waals surface area contributed by atoms with E-state index in [9.17, 15) is 0 Å². The fourth-order valence-electron chi connectivity index (χ4n) is 1.36. The molecule has 2 nitrogen and oxygen atoms in total. The molecule has 0 aromatic heterocycles. The van der Waals surface area contributed by atoms with Gasteiger partial charge in [0.05, 0.1) is 0 Å². The molecule has 2 heteroatoms. The van der Waals surface area contributed by atoms with Crippen LogP contribution < -0.4 is 11.1 Å². The predicted molar refractivity (Wildman–Crippen MR) is 53.0 cm³/mol. The second-order valence-electron chi connectivity index (χ2n) is 4.45. The Kier molecular flexibility index (Phi) is 3.53. The summed E-state index contributed by atoms with van der Waals surface area (Å²) >= 11 is 0. The Morgan fingerprint density at radius 3 is 2.58 bits per heavy atom. The van der Waals surface area contributed by atoms with Crippen molar-refractivity contribution in [1.82, 2.24) is 5.32 Å². The molecule has 1 rings (SSSR count). The van der Waals surface area contributed by atoms with Gasteiger partial charge in [0.25, 0.3) is 0 Å². The summed E-state index contributed by atoms with van der Waals surface area (Å²) in [5.74, 6) is 0.673. The molecule has 72 valence electrons. The summed E-state index contributed by atoms with van der Waals surface area (Å²) < 4.78 is 0. The smallest absolute Gasteiger partial charge is 0.000529 e. The molecule has 0 aromatic rings. The van der Waals surface area contributed by atoms with Crippen LogP contribution in [0, 0.1) is 11.3 Å². The van der Waals surface area contributed by atoms with Crippen molar-refractivity contribution < 1.29 is 0 Å². The Hall–Kier alpha value is -0.0800. The molecule has 0 radical (unpaired) electrons. The fraction of sp³-hybridized carbons (Fsp3) is 1.00. The lowest BCUT2D eigenvalue weighted by Crippen LogP contribution is -2.31. The highest BCUT2D eigenvalue weighted by Crippen LogP contribution is 2.43. The van der Waals surface area contributed by atoms with E-state index in [4.69, 9.17) is 5.73 Å². The van der Waals surface area contributed by atoms with E-state index in [0.29, 0.717) is 11.3 Å². The lowest BCUT2D eigenvalue weighted by molar-refractivity contribution is 0.427. The molecule has 1 aliphatic rings. The van der Waals surface area contributed by atoms with E-state index in [2.05, 4.69) is 19.2 Å². The number of nitrogens with two attached hydrogens (primary N) is 1. The molecule has 3 N–H and O–H groups in total. The SMILES string of the molecule is CCC(CN)CNCC1(C)CC1. The summed E-state index contributed by atoms with van der Waals surface area (Å²) in [4.78, 5) is 0. The van der Waals surface area contributed by atoms with Gasteiger partial charge in [-0.3, -0.25) is 0 Å². The van der Waals surface area contributed by atoms with Gasteiger partial charge in [-0.25, -0.2) is 0 Å². The van der Waals surface area contributed by atoms with Gasteiger partial charge in [-0.05, 0) is 37.3 Å². The summed E-state index contributed by atoms with van der Waals surface area (Å²) in [6, 6.07) is 0. The molecular weight excluding hydrogens is 148 g/mol. The molecule has 0 aliphatic heterocycles. The van der Waals surface area contributed by atoms with Crippen LogP contribution in [0.5, 0.6) is 0 Å². The molecule has 1 saturated carbocycles. The number of nitrogens with one attached hydrogen (secondary N) is 1. The highest BCUT2D eigenvalue weighted by Gasteiger charge is 2.36. The number of hydrogen-bond acceptors (Lipinski definition) is 2. The monoisotopic (exact) mass is 170 g/mol.